The molecule has 0 aromatic carbocycles. The molecule has 1 aliphatic carbocycles. The molecule has 3 heterocycles. The SMILES string of the molecule is CC1CN(C(=O)C2CCNCC2)CC1NC(=O)c1cc(C2CC2)on1. The normalized spacial score (nSPS) is 27.5. The lowest BCUT2D eigenvalue weighted by Crippen LogP contribution is -2.43. The highest BCUT2D eigenvalue weighted by Gasteiger charge is 2.37. The Hall–Kier alpha value is -1.89. The summed E-state index contributed by atoms with van der Waals surface area (Å²) in [7, 11) is 0. The van der Waals surface area contributed by atoms with Crippen LogP contribution in [0.15, 0.2) is 10.6 Å². The molecule has 2 unspecified atom stereocenters. The summed E-state index contributed by atoms with van der Waals surface area (Å²) < 4.78 is 5.26. The quantitative estimate of drug-likeness (QED) is 0.853. The molecule has 2 N–H and O–H groups in total. The van der Waals surface area contributed by atoms with Crippen LogP contribution in [0.25, 0.3) is 0 Å². The second-order valence-corrected chi connectivity index (χ2v) is 7.71. The Morgan fingerprint density at radius 2 is 2.00 bits per heavy atom. The molecule has 3 fully saturated rings. The maximum Gasteiger partial charge on any atom is 0.273 e. The van der Waals surface area contributed by atoms with Crippen LogP contribution < -0.4 is 10.6 Å². The van der Waals surface area contributed by atoms with E-state index in [4.69, 9.17) is 4.52 Å². The largest absolute Gasteiger partial charge is 0.360 e. The number of carbonyl (C=O) groups excluding carboxylic acids is 2. The van der Waals surface area contributed by atoms with E-state index >= 15 is 0 Å². The molecular weight excluding hydrogens is 320 g/mol. The van der Waals surface area contributed by atoms with E-state index in [1.165, 1.54) is 0 Å². The molecule has 4 rings (SSSR count). The maximum absolute atomic E-state index is 12.7. The van der Waals surface area contributed by atoms with E-state index in [1.54, 1.807) is 6.07 Å². The Labute approximate surface area is 147 Å². The Morgan fingerprint density at radius 1 is 1.24 bits per heavy atom. The molecule has 0 radical (unpaired) electrons. The molecule has 0 spiro atoms. The molecular formula is C18H26N4O3. The van der Waals surface area contributed by atoms with Crippen LogP contribution in [0.3, 0.4) is 0 Å². The van der Waals surface area contributed by atoms with Crippen molar-refractivity contribution in [2.45, 2.75) is 44.6 Å². The predicted molar refractivity (Wildman–Crippen MR) is 91.1 cm³/mol. The molecule has 25 heavy (non-hydrogen) atoms. The van der Waals surface area contributed by atoms with Crippen molar-refractivity contribution in [3.63, 3.8) is 0 Å². The first kappa shape index (κ1) is 16.6. The van der Waals surface area contributed by atoms with Crippen LogP contribution in [0.1, 0.15) is 54.8 Å². The number of piperidine rings is 1. The fourth-order valence-electron chi connectivity index (χ4n) is 3.86. The van der Waals surface area contributed by atoms with Gasteiger partial charge in [-0.05, 0) is 44.7 Å². The van der Waals surface area contributed by atoms with Crippen molar-refractivity contribution in [2.24, 2.45) is 11.8 Å². The fourth-order valence-corrected chi connectivity index (χ4v) is 3.86. The highest BCUT2D eigenvalue weighted by Crippen LogP contribution is 2.40. The number of rotatable bonds is 4. The van der Waals surface area contributed by atoms with Gasteiger partial charge < -0.3 is 20.1 Å². The van der Waals surface area contributed by atoms with Crippen LogP contribution >= 0.6 is 0 Å². The highest BCUT2D eigenvalue weighted by atomic mass is 16.5. The molecule has 7 heteroatoms. The van der Waals surface area contributed by atoms with Gasteiger partial charge in [0, 0.05) is 31.0 Å². The van der Waals surface area contributed by atoms with Crippen LogP contribution in [-0.4, -0.2) is 54.1 Å². The first-order valence-electron chi connectivity index (χ1n) is 9.39. The Kier molecular flexibility index (Phi) is 4.50. The molecule has 7 nitrogen and oxygen atoms in total. The van der Waals surface area contributed by atoms with E-state index in [-0.39, 0.29) is 29.7 Å². The second kappa shape index (κ2) is 6.78. The topological polar surface area (TPSA) is 87.5 Å². The van der Waals surface area contributed by atoms with Gasteiger partial charge in [0.25, 0.3) is 5.91 Å². The lowest BCUT2D eigenvalue weighted by molar-refractivity contribution is -0.135. The van der Waals surface area contributed by atoms with Crippen molar-refractivity contribution < 1.29 is 14.1 Å². The Morgan fingerprint density at radius 3 is 2.72 bits per heavy atom. The number of carbonyl (C=O) groups is 2. The van der Waals surface area contributed by atoms with E-state index < -0.39 is 0 Å². The minimum absolute atomic E-state index is 0.0285. The van der Waals surface area contributed by atoms with E-state index in [0.29, 0.717) is 24.7 Å². The van der Waals surface area contributed by atoms with Gasteiger partial charge in [0.1, 0.15) is 5.76 Å². The van der Waals surface area contributed by atoms with E-state index in [0.717, 1.165) is 44.5 Å². The van der Waals surface area contributed by atoms with Crippen molar-refractivity contribution in [3.8, 4) is 0 Å². The molecule has 2 atom stereocenters. The maximum atomic E-state index is 12.7. The van der Waals surface area contributed by atoms with E-state index in [1.807, 2.05) is 4.90 Å². The van der Waals surface area contributed by atoms with E-state index in [2.05, 4.69) is 22.7 Å². The molecule has 3 aliphatic rings. The van der Waals surface area contributed by atoms with Crippen LogP contribution in [0.4, 0.5) is 0 Å². The van der Waals surface area contributed by atoms with Gasteiger partial charge in [-0.2, -0.15) is 0 Å². The molecule has 1 aromatic rings. The monoisotopic (exact) mass is 346 g/mol. The molecule has 2 amide bonds. The number of likely N-dealkylation sites (tertiary alicyclic amines) is 1. The zero-order valence-electron chi connectivity index (χ0n) is 14.7. The average molecular weight is 346 g/mol. The smallest absolute Gasteiger partial charge is 0.273 e. The van der Waals surface area contributed by atoms with E-state index in [9.17, 15) is 9.59 Å². The van der Waals surface area contributed by atoms with Gasteiger partial charge in [-0.15, -0.1) is 0 Å². The standard InChI is InChI=1S/C18H26N4O3/c1-11-9-22(18(24)13-4-6-19-7-5-13)10-15(11)20-17(23)14-8-16(25-21-14)12-2-3-12/h8,11-13,15,19H,2-7,9-10H2,1H3,(H,20,23). The van der Waals surface area contributed by atoms with Gasteiger partial charge in [-0.1, -0.05) is 12.1 Å². The molecule has 1 saturated carbocycles. The van der Waals surface area contributed by atoms with Crippen molar-refractivity contribution in [1.29, 1.82) is 0 Å². The van der Waals surface area contributed by atoms with Crippen LogP contribution in [0.5, 0.6) is 0 Å². The summed E-state index contributed by atoms with van der Waals surface area (Å²) in [5, 5.41) is 10.2. The number of hydrogen-bond donors (Lipinski definition) is 2. The highest BCUT2D eigenvalue weighted by molar-refractivity contribution is 5.92. The summed E-state index contributed by atoms with van der Waals surface area (Å²) in [6, 6.07) is 1.73. The molecule has 136 valence electrons. The van der Waals surface area contributed by atoms with Crippen LogP contribution in [0, 0.1) is 11.8 Å². The van der Waals surface area contributed by atoms with Gasteiger partial charge in [0.2, 0.25) is 5.91 Å². The summed E-state index contributed by atoms with van der Waals surface area (Å²) in [5.74, 6) is 1.65. The molecule has 2 saturated heterocycles. The number of nitrogens with zero attached hydrogens (tertiary/aromatic N) is 2. The van der Waals surface area contributed by atoms with Gasteiger partial charge in [-0.25, -0.2) is 0 Å². The van der Waals surface area contributed by atoms with Gasteiger partial charge in [-0.3, -0.25) is 9.59 Å². The van der Waals surface area contributed by atoms with Crippen molar-refractivity contribution in [1.82, 2.24) is 20.7 Å². The minimum atomic E-state index is -0.205. The number of aromatic nitrogens is 1. The third-order valence-corrected chi connectivity index (χ3v) is 5.67. The first-order chi connectivity index (χ1) is 12.1. The van der Waals surface area contributed by atoms with Gasteiger partial charge >= 0.3 is 0 Å². The molecule has 1 aromatic heterocycles. The molecule has 0 bridgehead atoms. The predicted octanol–water partition coefficient (Wildman–Crippen LogP) is 1.13. The lowest BCUT2D eigenvalue weighted by atomic mass is 9.97. The van der Waals surface area contributed by atoms with Crippen LogP contribution in [-0.2, 0) is 4.79 Å². The summed E-state index contributed by atoms with van der Waals surface area (Å²) in [6.45, 7) is 5.20. The van der Waals surface area contributed by atoms with Gasteiger partial charge in [0.15, 0.2) is 5.69 Å². The summed E-state index contributed by atoms with van der Waals surface area (Å²) >= 11 is 0. The Balaban J connectivity index is 1.34. The average Bonchev–Trinajstić information content (AvgIpc) is 3.25. The zero-order chi connectivity index (χ0) is 17.4. The van der Waals surface area contributed by atoms with Crippen molar-refractivity contribution >= 4 is 11.8 Å². The number of hydrogen-bond acceptors (Lipinski definition) is 5. The fraction of sp³-hybridized carbons (Fsp3) is 0.722. The number of nitrogens with one attached hydrogen (secondary N) is 2. The molecule has 2 aliphatic heterocycles. The minimum Gasteiger partial charge on any atom is -0.360 e. The van der Waals surface area contributed by atoms with Crippen molar-refractivity contribution in [2.75, 3.05) is 26.2 Å². The first-order valence-corrected chi connectivity index (χ1v) is 9.39. The lowest BCUT2D eigenvalue weighted by Gasteiger charge is -2.26. The van der Waals surface area contributed by atoms with Crippen molar-refractivity contribution in [3.05, 3.63) is 17.5 Å². The zero-order valence-corrected chi connectivity index (χ0v) is 14.7. The Bertz CT molecular complexity index is 649. The number of amides is 2. The third-order valence-electron chi connectivity index (χ3n) is 5.67. The summed E-state index contributed by atoms with van der Waals surface area (Å²) in [5.41, 5.74) is 0.345. The summed E-state index contributed by atoms with van der Waals surface area (Å²) in [4.78, 5) is 27.0. The van der Waals surface area contributed by atoms with Gasteiger partial charge in [0.05, 0.1) is 6.04 Å². The third kappa shape index (κ3) is 3.56. The van der Waals surface area contributed by atoms with Crippen LogP contribution in [0.2, 0.25) is 0 Å². The summed E-state index contributed by atoms with van der Waals surface area (Å²) in [6.07, 6.45) is 4.04. The second-order valence-electron chi connectivity index (χ2n) is 7.71.